The van der Waals surface area contributed by atoms with Crippen molar-refractivity contribution in [2.75, 3.05) is 20.2 Å². The van der Waals surface area contributed by atoms with Gasteiger partial charge in [-0.05, 0) is 43.2 Å². The molecule has 1 saturated heterocycles. The van der Waals surface area contributed by atoms with Crippen LogP contribution in [-0.4, -0.2) is 50.6 Å². The molecule has 0 bridgehead atoms. The zero-order chi connectivity index (χ0) is 18.0. The van der Waals surface area contributed by atoms with E-state index in [1.165, 1.54) is 37.4 Å². The van der Waals surface area contributed by atoms with E-state index >= 15 is 0 Å². The molecule has 0 saturated carbocycles. The normalized spacial score (nSPS) is 22.3. The minimum absolute atomic E-state index is 0.0488. The average Bonchev–Trinajstić information content (AvgIpc) is 3.09. The molecule has 3 rings (SSSR count). The maximum Gasteiger partial charge on any atom is 0.345 e. The molecular formula is C16H18FN3O4S. The summed E-state index contributed by atoms with van der Waals surface area (Å²) < 4.78 is 47.5. The number of nitrogens with one attached hydrogen (secondary N) is 1. The van der Waals surface area contributed by atoms with E-state index in [1.807, 2.05) is 0 Å². The monoisotopic (exact) mass is 367 g/mol. The highest BCUT2D eigenvalue weighted by atomic mass is 32.2. The number of amides is 1. The van der Waals surface area contributed by atoms with E-state index in [9.17, 15) is 17.6 Å². The topological polar surface area (TPSA) is 88.1 Å². The molecule has 1 fully saturated rings. The van der Waals surface area contributed by atoms with Crippen molar-refractivity contribution in [3.8, 4) is 0 Å². The summed E-state index contributed by atoms with van der Waals surface area (Å²) >= 11 is 0. The van der Waals surface area contributed by atoms with Crippen LogP contribution < -0.4 is 5.32 Å². The van der Waals surface area contributed by atoms with Crippen LogP contribution in [0.1, 0.15) is 18.4 Å². The Hall–Kier alpha value is -2.26. The lowest BCUT2D eigenvalue weighted by molar-refractivity contribution is -0.118. The van der Waals surface area contributed by atoms with Gasteiger partial charge in [0.1, 0.15) is 11.5 Å². The molecule has 25 heavy (non-hydrogen) atoms. The smallest absolute Gasteiger partial charge is 0.345 e. The van der Waals surface area contributed by atoms with Gasteiger partial charge in [0.25, 0.3) is 5.91 Å². The first-order valence-electron chi connectivity index (χ1n) is 7.83. The number of halogens is 1. The van der Waals surface area contributed by atoms with Crippen LogP contribution in [0.15, 0.2) is 40.4 Å². The Labute approximate surface area is 145 Å². The molecule has 0 radical (unpaired) electrons. The number of benzene rings is 1. The second-order valence-electron chi connectivity index (χ2n) is 5.80. The summed E-state index contributed by atoms with van der Waals surface area (Å²) in [6, 6.07) is 5.22. The molecule has 0 aromatic heterocycles. The quantitative estimate of drug-likeness (QED) is 0.859. The van der Waals surface area contributed by atoms with Crippen LogP contribution in [-0.2, 0) is 19.7 Å². The van der Waals surface area contributed by atoms with Crippen molar-refractivity contribution >= 4 is 21.8 Å². The molecule has 9 heteroatoms. The minimum atomic E-state index is -4.03. The predicted octanol–water partition coefficient (Wildman–Crippen LogP) is 0.984. The van der Waals surface area contributed by atoms with Crippen LogP contribution in [0.3, 0.4) is 0 Å². The Morgan fingerprint density at radius 2 is 2.12 bits per heavy atom. The summed E-state index contributed by atoms with van der Waals surface area (Å²) in [4.78, 5) is 12.4. The van der Waals surface area contributed by atoms with E-state index < -0.39 is 21.9 Å². The number of nitrogens with zero attached hydrogens (tertiary/aromatic N) is 2. The van der Waals surface area contributed by atoms with Crippen molar-refractivity contribution in [2.24, 2.45) is 4.40 Å². The summed E-state index contributed by atoms with van der Waals surface area (Å²) in [6.45, 7) is 0.978. The molecular weight excluding hydrogens is 349 g/mol. The van der Waals surface area contributed by atoms with Crippen molar-refractivity contribution < 1.29 is 22.3 Å². The molecule has 1 aromatic rings. The van der Waals surface area contributed by atoms with Crippen LogP contribution in [0, 0.1) is 5.82 Å². The van der Waals surface area contributed by atoms with Gasteiger partial charge in [0.15, 0.2) is 0 Å². The molecule has 0 spiro atoms. The van der Waals surface area contributed by atoms with E-state index in [0.29, 0.717) is 18.7 Å². The third kappa shape index (κ3) is 3.88. The SMILES string of the molecule is CN1C(C(=O)NCC2CCCO2)=CC(c2ccc(F)cc2)=NS1(=O)=O. The molecule has 1 unspecified atom stereocenters. The van der Waals surface area contributed by atoms with Gasteiger partial charge < -0.3 is 10.1 Å². The molecule has 1 aromatic carbocycles. The first-order chi connectivity index (χ1) is 11.9. The van der Waals surface area contributed by atoms with Crippen molar-refractivity contribution in [1.82, 2.24) is 9.62 Å². The van der Waals surface area contributed by atoms with E-state index in [2.05, 4.69) is 9.71 Å². The fourth-order valence-electron chi connectivity index (χ4n) is 2.62. The molecule has 1 atom stereocenters. The number of rotatable bonds is 4. The van der Waals surface area contributed by atoms with Gasteiger partial charge in [0.2, 0.25) is 0 Å². The lowest BCUT2D eigenvalue weighted by atomic mass is 10.1. The van der Waals surface area contributed by atoms with Crippen molar-refractivity contribution in [3.63, 3.8) is 0 Å². The summed E-state index contributed by atoms with van der Waals surface area (Å²) in [5, 5.41) is 2.69. The second-order valence-corrected chi connectivity index (χ2v) is 7.43. The van der Waals surface area contributed by atoms with E-state index in [4.69, 9.17) is 4.74 Å². The molecule has 1 amide bonds. The largest absolute Gasteiger partial charge is 0.376 e. The minimum Gasteiger partial charge on any atom is -0.376 e. The van der Waals surface area contributed by atoms with E-state index in [0.717, 1.165) is 17.1 Å². The summed E-state index contributed by atoms with van der Waals surface area (Å²) in [5.41, 5.74) is 0.440. The Kier molecular flexibility index (Phi) is 4.87. The van der Waals surface area contributed by atoms with Gasteiger partial charge in [-0.15, -0.1) is 4.40 Å². The number of hydrogen-bond acceptors (Lipinski definition) is 4. The van der Waals surface area contributed by atoms with E-state index in [1.54, 1.807) is 0 Å². The van der Waals surface area contributed by atoms with Gasteiger partial charge in [-0.3, -0.25) is 4.79 Å². The zero-order valence-electron chi connectivity index (χ0n) is 13.6. The predicted molar refractivity (Wildman–Crippen MR) is 89.7 cm³/mol. The maximum atomic E-state index is 13.1. The third-order valence-electron chi connectivity index (χ3n) is 4.06. The Bertz CT molecular complexity index is 827. The Balaban J connectivity index is 1.84. The van der Waals surface area contributed by atoms with Crippen molar-refractivity contribution in [3.05, 3.63) is 47.4 Å². The molecule has 2 aliphatic rings. The molecule has 2 heterocycles. The third-order valence-corrected chi connectivity index (χ3v) is 5.38. The van der Waals surface area contributed by atoms with Crippen molar-refractivity contribution in [1.29, 1.82) is 0 Å². The van der Waals surface area contributed by atoms with E-state index in [-0.39, 0.29) is 17.5 Å². The molecule has 134 valence electrons. The van der Waals surface area contributed by atoms with Gasteiger partial charge in [-0.1, -0.05) is 0 Å². The van der Waals surface area contributed by atoms with Gasteiger partial charge >= 0.3 is 10.2 Å². The second kappa shape index (κ2) is 6.93. The highest BCUT2D eigenvalue weighted by Crippen LogP contribution is 2.20. The highest BCUT2D eigenvalue weighted by Gasteiger charge is 2.30. The number of likely N-dealkylation sites (N-methyl/N-ethyl adjacent to an activating group) is 1. The fourth-order valence-corrected chi connectivity index (χ4v) is 3.54. The molecule has 7 nitrogen and oxygen atoms in total. The lowest BCUT2D eigenvalue weighted by Crippen LogP contribution is -2.40. The summed E-state index contributed by atoms with van der Waals surface area (Å²) in [7, 11) is -2.77. The van der Waals surface area contributed by atoms with Crippen molar-refractivity contribution in [2.45, 2.75) is 18.9 Å². The van der Waals surface area contributed by atoms with Gasteiger partial charge in [-0.2, -0.15) is 8.42 Å². The first kappa shape index (κ1) is 17.6. The van der Waals surface area contributed by atoms with Gasteiger partial charge in [0.05, 0.1) is 11.8 Å². The number of carbonyl (C=O) groups excluding carboxylic acids is 1. The molecule has 1 N–H and O–H groups in total. The van der Waals surface area contributed by atoms with Crippen LogP contribution in [0.2, 0.25) is 0 Å². The number of hydrogen-bond donors (Lipinski definition) is 1. The zero-order valence-corrected chi connectivity index (χ0v) is 14.4. The Morgan fingerprint density at radius 1 is 1.40 bits per heavy atom. The average molecular weight is 367 g/mol. The fraction of sp³-hybridized carbons (Fsp3) is 0.375. The number of ether oxygens (including phenoxy) is 1. The molecule has 2 aliphatic heterocycles. The standard InChI is InChI=1S/C16H18FN3O4S/c1-20-15(16(21)18-10-13-3-2-8-24-13)9-14(19-25(20,22)23)11-4-6-12(17)7-5-11/h4-7,9,13H,2-3,8,10H2,1H3,(H,18,21). The molecule has 0 aliphatic carbocycles. The van der Waals surface area contributed by atoms with Crippen LogP contribution in [0.4, 0.5) is 4.39 Å². The Morgan fingerprint density at radius 3 is 2.76 bits per heavy atom. The van der Waals surface area contributed by atoms with Gasteiger partial charge in [0, 0.05) is 25.8 Å². The number of carbonyl (C=O) groups is 1. The lowest BCUT2D eigenvalue weighted by Gasteiger charge is -2.24. The highest BCUT2D eigenvalue weighted by molar-refractivity contribution is 7.88. The van der Waals surface area contributed by atoms with Crippen LogP contribution >= 0.6 is 0 Å². The maximum absolute atomic E-state index is 13.1. The van der Waals surface area contributed by atoms with Crippen LogP contribution in [0.5, 0.6) is 0 Å². The summed E-state index contributed by atoms with van der Waals surface area (Å²) in [5.74, 6) is -0.977. The van der Waals surface area contributed by atoms with Gasteiger partial charge in [-0.25, -0.2) is 8.70 Å². The number of allylic oxidation sites excluding steroid dienone is 1. The summed E-state index contributed by atoms with van der Waals surface area (Å²) in [6.07, 6.45) is 3.12. The van der Waals surface area contributed by atoms with Crippen LogP contribution in [0.25, 0.3) is 0 Å². The first-order valence-corrected chi connectivity index (χ1v) is 9.23.